The molecule has 3 aliphatic rings. The van der Waals surface area contributed by atoms with E-state index in [0.717, 1.165) is 32.1 Å². The molecule has 3 fully saturated rings. The highest BCUT2D eigenvalue weighted by Crippen LogP contribution is 2.17. The second-order valence-electron chi connectivity index (χ2n) is 8.47. The third kappa shape index (κ3) is 4.72. The minimum Gasteiger partial charge on any atom is -0.342 e. The van der Waals surface area contributed by atoms with Crippen molar-refractivity contribution in [2.24, 2.45) is 5.92 Å². The molecule has 0 aromatic heterocycles. The summed E-state index contributed by atoms with van der Waals surface area (Å²) in [4.78, 5) is 18.7. The van der Waals surface area contributed by atoms with Crippen LogP contribution in [0.3, 0.4) is 0 Å². The molecule has 3 heterocycles. The number of nitrogens with one attached hydrogen (secondary N) is 2. The second kappa shape index (κ2) is 9.19. The summed E-state index contributed by atoms with van der Waals surface area (Å²) in [6, 6.07) is 0.824. The average molecular weight is 338 g/mol. The lowest BCUT2D eigenvalue weighted by Crippen LogP contribution is -3.21. The Morgan fingerprint density at radius 1 is 0.958 bits per heavy atom. The van der Waals surface area contributed by atoms with Gasteiger partial charge in [-0.3, -0.25) is 4.79 Å². The van der Waals surface area contributed by atoms with E-state index in [1.54, 1.807) is 4.90 Å². The Labute approximate surface area is 148 Å². The molecule has 1 unspecified atom stereocenters. The number of hydrogen-bond donors (Lipinski definition) is 2. The topological polar surface area (TPSA) is 29.2 Å². The first-order chi connectivity index (χ1) is 11.8. The maximum absolute atomic E-state index is 13.0. The zero-order chi connectivity index (χ0) is 16.8. The van der Waals surface area contributed by atoms with Crippen LogP contribution in [-0.2, 0) is 4.79 Å². The number of carbonyl (C=O) groups is 1. The van der Waals surface area contributed by atoms with Crippen LogP contribution in [0.5, 0.6) is 0 Å². The van der Waals surface area contributed by atoms with Gasteiger partial charge in [0.2, 0.25) is 5.91 Å². The molecule has 2 N–H and O–H groups in total. The van der Waals surface area contributed by atoms with Gasteiger partial charge in [-0.25, -0.2) is 0 Å². The van der Waals surface area contributed by atoms with Crippen molar-refractivity contribution in [1.82, 2.24) is 4.90 Å². The summed E-state index contributed by atoms with van der Waals surface area (Å²) in [7, 11) is 0. The first kappa shape index (κ1) is 18.2. The number of nitrogens with zero attached hydrogens (tertiary/aromatic N) is 1. The van der Waals surface area contributed by atoms with Crippen molar-refractivity contribution in [2.75, 3.05) is 45.8 Å². The highest BCUT2D eigenvalue weighted by Gasteiger charge is 2.37. The van der Waals surface area contributed by atoms with Gasteiger partial charge in [-0.2, -0.15) is 0 Å². The van der Waals surface area contributed by atoms with Crippen molar-refractivity contribution in [1.29, 1.82) is 0 Å². The van der Waals surface area contributed by atoms with Crippen LogP contribution in [0, 0.1) is 5.92 Å². The van der Waals surface area contributed by atoms with Gasteiger partial charge in [0.05, 0.1) is 44.7 Å². The average Bonchev–Trinajstić information content (AvgIpc) is 2.91. The molecule has 3 rings (SSSR count). The maximum atomic E-state index is 13.0. The second-order valence-corrected chi connectivity index (χ2v) is 8.47. The van der Waals surface area contributed by atoms with E-state index in [1.807, 2.05) is 4.90 Å². The van der Waals surface area contributed by atoms with Crippen LogP contribution in [-0.4, -0.2) is 62.7 Å². The van der Waals surface area contributed by atoms with Crippen LogP contribution < -0.4 is 9.80 Å². The van der Waals surface area contributed by atoms with E-state index in [2.05, 4.69) is 11.8 Å². The number of piperidine rings is 2. The number of rotatable bonds is 4. The lowest BCUT2D eigenvalue weighted by atomic mass is 9.92. The first-order valence-electron chi connectivity index (χ1n) is 10.7. The van der Waals surface area contributed by atoms with Crippen molar-refractivity contribution in [3.8, 4) is 0 Å². The van der Waals surface area contributed by atoms with Gasteiger partial charge >= 0.3 is 0 Å². The van der Waals surface area contributed by atoms with Crippen molar-refractivity contribution >= 4 is 5.91 Å². The number of amides is 1. The van der Waals surface area contributed by atoms with Crippen molar-refractivity contribution < 1.29 is 14.6 Å². The highest BCUT2D eigenvalue weighted by atomic mass is 16.2. The molecule has 0 bridgehead atoms. The van der Waals surface area contributed by atoms with Crippen molar-refractivity contribution in [2.45, 2.75) is 70.8 Å². The van der Waals surface area contributed by atoms with Crippen LogP contribution >= 0.6 is 0 Å². The molecule has 0 saturated carbocycles. The summed E-state index contributed by atoms with van der Waals surface area (Å²) in [6.45, 7) is 10.8. The first-order valence-corrected chi connectivity index (χ1v) is 10.7. The third-order valence-electron chi connectivity index (χ3n) is 6.70. The molecule has 2 atom stereocenters. The molecule has 0 aromatic rings. The predicted octanol–water partition coefficient (Wildman–Crippen LogP) is 0.141. The molecule has 4 heteroatoms. The van der Waals surface area contributed by atoms with Crippen LogP contribution in [0.1, 0.15) is 64.7 Å². The fourth-order valence-electron chi connectivity index (χ4n) is 5.26. The van der Waals surface area contributed by atoms with Gasteiger partial charge < -0.3 is 14.7 Å². The number of quaternary nitrogens is 2. The molecule has 4 nitrogen and oxygen atoms in total. The van der Waals surface area contributed by atoms with E-state index in [-0.39, 0.29) is 0 Å². The third-order valence-corrected chi connectivity index (χ3v) is 6.70. The summed E-state index contributed by atoms with van der Waals surface area (Å²) >= 11 is 0. The van der Waals surface area contributed by atoms with E-state index >= 15 is 0 Å². The summed E-state index contributed by atoms with van der Waals surface area (Å²) < 4.78 is 0. The number of likely N-dealkylation sites (tertiary alicyclic amines) is 3. The van der Waals surface area contributed by atoms with Gasteiger partial charge in [-0.1, -0.05) is 19.8 Å². The lowest BCUT2D eigenvalue weighted by Gasteiger charge is -2.39. The van der Waals surface area contributed by atoms with Gasteiger partial charge in [0.25, 0.3) is 0 Å². The lowest BCUT2D eigenvalue weighted by molar-refractivity contribution is -0.962. The van der Waals surface area contributed by atoms with E-state index in [0.29, 0.717) is 11.8 Å². The minimum absolute atomic E-state index is 0.313. The quantitative estimate of drug-likeness (QED) is 0.751. The Kier molecular flexibility index (Phi) is 6.96. The Morgan fingerprint density at radius 3 is 2.33 bits per heavy atom. The smallest absolute Gasteiger partial charge is 0.231 e. The summed E-state index contributed by atoms with van der Waals surface area (Å²) in [5.41, 5.74) is 0. The van der Waals surface area contributed by atoms with E-state index < -0.39 is 0 Å². The Hall–Kier alpha value is -0.610. The fraction of sp³-hybridized carbons (Fsp3) is 0.950. The van der Waals surface area contributed by atoms with Crippen molar-refractivity contribution in [3.05, 3.63) is 0 Å². The summed E-state index contributed by atoms with van der Waals surface area (Å²) in [5, 5.41) is 0. The van der Waals surface area contributed by atoms with Gasteiger partial charge in [0.1, 0.15) is 0 Å². The molecule has 24 heavy (non-hydrogen) atoms. The van der Waals surface area contributed by atoms with Gasteiger partial charge in [0, 0.05) is 25.9 Å². The number of carbonyl (C=O) groups excluding carboxylic acids is 1. The zero-order valence-electron chi connectivity index (χ0n) is 15.8. The zero-order valence-corrected chi connectivity index (χ0v) is 15.8. The van der Waals surface area contributed by atoms with Gasteiger partial charge in [-0.15, -0.1) is 0 Å². The summed E-state index contributed by atoms with van der Waals surface area (Å²) in [5.74, 6) is 0.802. The van der Waals surface area contributed by atoms with Crippen LogP contribution in [0.25, 0.3) is 0 Å². The number of hydrogen-bond acceptors (Lipinski definition) is 1. The molecule has 138 valence electrons. The Bertz CT molecular complexity index is 384. The molecular formula is C20H39N3O+2. The van der Waals surface area contributed by atoms with Gasteiger partial charge in [0.15, 0.2) is 0 Å². The molecule has 0 aliphatic carbocycles. The molecule has 0 aromatic carbocycles. The molecule has 0 radical (unpaired) electrons. The molecule has 3 saturated heterocycles. The van der Waals surface area contributed by atoms with E-state index in [9.17, 15) is 4.79 Å². The maximum Gasteiger partial charge on any atom is 0.231 e. The van der Waals surface area contributed by atoms with Crippen molar-refractivity contribution in [3.63, 3.8) is 0 Å². The Morgan fingerprint density at radius 2 is 1.67 bits per heavy atom. The largest absolute Gasteiger partial charge is 0.342 e. The van der Waals surface area contributed by atoms with Gasteiger partial charge in [-0.05, 0) is 32.1 Å². The predicted molar refractivity (Wildman–Crippen MR) is 97.3 cm³/mol. The van der Waals surface area contributed by atoms with Crippen LogP contribution in [0.4, 0.5) is 0 Å². The Balaban J connectivity index is 1.50. The molecule has 0 spiro atoms. The normalized spacial score (nSPS) is 35.5. The standard InChI is InChI=1S/C20H37N3O/c1-2-11-21-15-9-19(10-16-21)23-14-7-8-18(17-23)20(24)22-12-5-3-4-6-13-22/h18-19H,2-17H2,1H3/p+2/t18-/m1/s1. The molecular weight excluding hydrogens is 298 g/mol. The van der Waals surface area contributed by atoms with Crippen LogP contribution in [0.2, 0.25) is 0 Å². The molecule has 1 amide bonds. The summed E-state index contributed by atoms with van der Waals surface area (Å²) in [6.07, 6.45) is 11.5. The minimum atomic E-state index is 0.313. The fourth-order valence-corrected chi connectivity index (χ4v) is 5.26. The SMILES string of the molecule is CCC[NH+]1CCC([NH+]2CCC[C@@H](C(=O)N3CCCCCC3)C2)CC1. The van der Waals surface area contributed by atoms with Crippen LogP contribution in [0.15, 0.2) is 0 Å². The monoisotopic (exact) mass is 337 g/mol. The van der Waals surface area contributed by atoms with E-state index in [4.69, 9.17) is 0 Å². The molecule has 3 aliphatic heterocycles. The van der Waals surface area contributed by atoms with E-state index in [1.165, 1.54) is 77.5 Å². The highest BCUT2D eigenvalue weighted by molar-refractivity contribution is 5.79.